The molecule has 2 aromatic heterocycles. The van der Waals surface area contributed by atoms with Crippen LogP contribution in [0.3, 0.4) is 0 Å². The van der Waals surface area contributed by atoms with Crippen molar-refractivity contribution in [3.8, 4) is 0 Å². The molecule has 1 aliphatic rings. The third-order valence-corrected chi connectivity index (χ3v) is 4.85. The number of aromatic amines is 1. The number of nitrogens with one attached hydrogen (secondary N) is 4. The maximum Gasteiger partial charge on any atom is 0.274 e. The lowest BCUT2D eigenvalue weighted by Gasteiger charge is -2.22. The van der Waals surface area contributed by atoms with Gasteiger partial charge < -0.3 is 16.0 Å². The summed E-state index contributed by atoms with van der Waals surface area (Å²) in [5, 5.41) is 23.4. The zero-order valence-electron chi connectivity index (χ0n) is 15.7. The third-order valence-electron chi connectivity index (χ3n) is 4.85. The summed E-state index contributed by atoms with van der Waals surface area (Å²) in [6.07, 6.45) is 5.04. The Morgan fingerprint density at radius 1 is 1.14 bits per heavy atom. The van der Waals surface area contributed by atoms with E-state index < -0.39 is 11.9 Å². The summed E-state index contributed by atoms with van der Waals surface area (Å²) in [4.78, 5) is 25.6. The second-order valence-corrected chi connectivity index (χ2v) is 6.84. The number of carbonyl (C=O) groups excluding carboxylic acids is 2. The standard InChI is InChI=1S/C19H22N8O2/c28-18(15-12-27(26-24-15)14-6-9-20-10-7-14)23-17(13-4-2-1-3-5-13)19(29)22-16-8-11-21-25-16/h1-5,8,11-12,14,17,20H,6-7,9-10H2,(H,23,28)(H2,21,22,25,29). The molecule has 2 amide bonds. The van der Waals surface area contributed by atoms with Crippen molar-refractivity contribution in [2.24, 2.45) is 0 Å². The highest BCUT2D eigenvalue weighted by Crippen LogP contribution is 2.18. The second-order valence-electron chi connectivity index (χ2n) is 6.84. The van der Waals surface area contributed by atoms with Crippen molar-refractivity contribution in [2.75, 3.05) is 18.4 Å². The first kappa shape index (κ1) is 18.8. The predicted molar refractivity (Wildman–Crippen MR) is 105 cm³/mol. The Morgan fingerprint density at radius 2 is 1.93 bits per heavy atom. The van der Waals surface area contributed by atoms with Gasteiger partial charge in [0.05, 0.1) is 18.4 Å². The van der Waals surface area contributed by atoms with Crippen LogP contribution >= 0.6 is 0 Å². The van der Waals surface area contributed by atoms with E-state index >= 15 is 0 Å². The Balaban J connectivity index is 1.50. The van der Waals surface area contributed by atoms with Crippen molar-refractivity contribution in [3.63, 3.8) is 0 Å². The molecule has 1 aromatic carbocycles. The van der Waals surface area contributed by atoms with E-state index in [9.17, 15) is 9.59 Å². The summed E-state index contributed by atoms with van der Waals surface area (Å²) in [6, 6.07) is 9.99. The first-order chi connectivity index (χ1) is 14.2. The van der Waals surface area contributed by atoms with Crippen LogP contribution in [-0.2, 0) is 4.79 Å². The molecule has 10 nitrogen and oxygen atoms in total. The number of piperidine rings is 1. The van der Waals surface area contributed by atoms with E-state index in [1.165, 1.54) is 6.20 Å². The van der Waals surface area contributed by atoms with Crippen LogP contribution in [-0.4, -0.2) is 50.1 Å². The zero-order chi connectivity index (χ0) is 20.1. The summed E-state index contributed by atoms with van der Waals surface area (Å²) < 4.78 is 1.73. The summed E-state index contributed by atoms with van der Waals surface area (Å²) in [7, 11) is 0. The monoisotopic (exact) mass is 394 g/mol. The highest BCUT2D eigenvalue weighted by atomic mass is 16.2. The quantitative estimate of drug-likeness (QED) is 0.494. The number of H-pyrrole nitrogens is 1. The van der Waals surface area contributed by atoms with Gasteiger partial charge in [-0.25, -0.2) is 4.68 Å². The van der Waals surface area contributed by atoms with E-state index in [2.05, 4.69) is 36.5 Å². The molecule has 4 N–H and O–H groups in total. The lowest BCUT2D eigenvalue weighted by Crippen LogP contribution is -2.37. The fraction of sp³-hybridized carbons (Fsp3) is 0.316. The van der Waals surface area contributed by atoms with E-state index in [4.69, 9.17) is 0 Å². The maximum absolute atomic E-state index is 12.8. The van der Waals surface area contributed by atoms with Gasteiger partial charge in [0.15, 0.2) is 5.69 Å². The van der Waals surface area contributed by atoms with Crippen molar-refractivity contribution >= 4 is 17.6 Å². The molecule has 3 aromatic rings. The van der Waals surface area contributed by atoms with Gasteiger partial charge in [0.1, 0.15) is 11.9 Å². The molecule has 0 bridgehead atoms. The summed E-state index contributed by atoms with van der Waals surface area (Å²) in [6.45, 7) is 1.83. The molecule has 1 unspecified atom stereocenters. The van der Waals surface area contributed by atoms with Crippen LogP contribution in [0.5, 0.6) is 0 Å². The predicted octanol–water partition coefficient (Wildman–Crippen LogP) is 1.04. The summed E-state index contributed by atoms with van der Waals surface area (Å²) in [5.41, 5.74) is 0.836. The number of amides is 2. The van der Waals surface area contributed by atoms with Gasteiger partial charge in [-0.3, -0.25) is 14.7 Å². The third kappa shape index (κ3) is 4.49. The maximum atomic E-state index is 12.8. The fourth-order valence-electron chi connectivity index (χ4n) is 3.31. The zero-order valence-corrected chi connectivity index (χ0v) is 15.7. The second kappa shape index (κ2) is 8.65. The number of rotatable bonds is 6. The van der Waals surface area contributed by atoms with Crippen LogP contribution in [0.15, 0.2) is 48.8 Å². The van der Waals surface area contributed by atoms with Gasteiger partial charge in [0.25, 0.3) is 11.8 Å². The number of benzene rings is 1. The molecule has 0 aliphatic carbocycles. The average Bonchev–Trinajstić information content (AvgIpc) is 3.45. The Labute approximate surface area is 167 Å². The van der Waals surface area contributed by atoms with Crippen LogP contribution in [0.1, 0.15) is 41.0 Å². The minimum Gasteiger partial charge on any atom is -0.335 e. The van der Waals surface area contributed by atoms with Gasteiger partial charge in [-0.15, -0.1) is 5.10 Å². The van der Waals surface area contributed by atoms with Crippen molar-refractivity contribution in [1.82, 2.24) is 35.8 Å². The van der Waals surface area contributed by atoms with Crippen LogP contribution in [0, 0.1) is 0 Å². The van der Waals surface area contributed by atoms with Gasteiger partial charge in [0, 0.05) is 6.07 Å². The SMILES string of the molecule is O=C(NC(C(=O)Nc1ccn[nH]1)c1ccccc1)c1cn(C2CCNCC2)nn1. The number of anilines is 1. The molecular weight excluding hydrogens is 372 g/mol. The van der Waals surface area contributed by atoms with Crippen molar-refractivity contribution in [3.05, 3.63) is 60.0 Å². The normalized spacial score (nSPS) is 15.6. The smallest absolute Gasteiger partial charge is 0.274 e. The highest BCUT2D eigenvalue weighted by molar-refractivity contribution is 6.00. The minimum atomic E-state index is -0.893. The highest BCUT2D eigenvalue weighted by Gasteiger charge is 2.26. The molecule has 0 radical (unpaired) electrons. The first-order valence-electron chi connectivity index (χ1n) is 9.49. The van der Waals surface area contributed by atoms with Crippen LogP contribution in [0.4, 0.5) is 5.82 Å². The van der Waals surface area contributed by atoms with Crippen LogP contribution in [0.2, 0.25) is 0 Å². The van der Waals surface area contributed by atoms with E-state index in [0.29, 0.717) is 11.4 Å². The molecule has 10 heteroatoms. The van der Waals surface area contributed by atoms with E-state index in [-0.39, 0.29) is 17.6 Å². The molecule has 0 saturated carbocycles. The van der Waals surface area contributed by atoms with Crippen molar-refractivity contribution in [1.29, 1.82) is 0 Å². The molecule has 150 valence electrons. The Hall–Kier alpha value is -3.53. The molecule has 29 heavy (non-hydrogen) atoms. The first-order valence-corrected chi connectivity index (χ1v) is 9.49. The topological polar surface area (TPSA) is 130 Å². The van der Waals surface area contributed by atoms with E-state index in [0.717, 1.165) is 25.9 Å². The van der Waals surface area contributed by atoms with Gasteiger partial charge in [0.2, 0.25) is 0 Å². The van der Waals surface area contributed by atoms with Crippen LogP contribution in [0.25, 0.3) is 0 Å². The number of hydrogen-bond donors (Lipinski definition) is 4. The molecule has 1 atom stereocenters. The molecule has 1 saturated heterocycles. The number of carbonyl (C=O) groups is 2. The molecule has 0 spiro atoms. The van der Waals surface area contributed by atoms with Gasteiger partial charge in [-0.1, -0.05) is 35.5 Å². The lowest BCUT2D eigenvalue weighted by molar-refractivity contribution is -0.118. The minimum absolute atomic E-state index is 0.179. The van der Waals surface area contributed by atoms with Crippen molar-refractivity contribution in [2.45, 2.75) is 24.9 Å². The Morgan fingerprint density at radius 3 is 2.66 bits per heavy atom. The van der Waals surface area contributed by atoms with Crippen molar-refractivity contribution < 1.29 is 9.59 Å². The fourth-order valence-corrected chi connectivity index (χ4v) is 3.31. The number of nitrogens with zero attached hydrogens (tertiary/aromatic N) is 4. The number of aromatic nitrogens is 5. The Bertz CT molecular complexity index is 948. The molecule has 1 aliphatic heterocycles. The van der Waals surface area contributed by atoms with E-state index in [1.807, 2.05) is 18.2 Å². The molecule has 1 fully saturated rings. The van der Waals surface area contributed by atoms with E-state index in [1.54, 1.807) is 29.1 Å². The van der Waals surface area contributed by atoms with Crippen LogP contribution < -0.4 is 16.0 Å². The largest absolute Gasteiger partial charge is 0.335 e. The molecule has 3 heterocycles. The van der Waals surface area contributed by atoms with Gasteiger partial charge in [-0.2, -0.15) is 5.10 Å². The molecule has 4 rings (SSSR count). The summed E-state index contributed by atoms with van der Waals surface area (Å²) in [5.74, 6) is -0.402. The van der Waals surface area contributed by atoms with Gasteiger partial charge >= 0.3 is 0 Å². The Kier molecular flexibility index (Phi) is 5.61. The van der Waals surface area contributed by atoms with Gasteiger partial charge in [-0.05, 0) is 31.5 Å². The number of hydrogen-bond acceptors (Lipinski definition) is 6. The summed E-state index contributed by atoms with van der Waals surface area (Å²) >= 11 is 0. The lowest BCUT2D eigenvalue weighted by atomic mass is 10.1. The molecular formula is C19H22N8O2. The average molecular weight is 394 g/mol.